The molecule has 0 atom stereocenters. The van der Waals surface area contributed by atoms with E-state index < -0.39 is 0 Å². The highest BCUT2D eigenvalue weighted by Gasteiger charge is 1.88. The molecule has 0 saturated heterocycles. The molecule has 0 amide bonds. The summed E-state index contributed by atoms with van der Waals surface area (Å²) in [5.74, 6) is 0. The monoisotopic (exact) mass is 182 g/mol. The Kier molecular flexibility index (Phi) is 10.7. The van der Waals surface area contributed by atoms with Crippen LogP contribution in [0.5, 0.6) is 0 Å². The zero-order valence-corrected chi connectivity index (χ0v) is 8.71. The lowest BCUT2D eigenvalue weighted by Gasteiger charge is -1.97. The van der Waals surface area contributed by atoms with Crippen LogP contribution in [0.3, 0.4) is 0 Å². The van der Waals surface area contributed by atoms with Crippen molar-refractivity contribution in [1.82, 2.24) is 0 Å². The van der Waals surface area contributed by atoms with Crippen molar-refractivity contribution in [2.45, 2.75) is 51.9 Å². The Bertz CT molecular complexity index is 120. The lowest BCUT2D eigenvalue weighted by molar-refractivity contribution is 0.469. The van der Waals surface area contributed by atoms with E-state index in [1.54, 1.807) is 0 Å². The van der Waals surface area contributed by atoms with Gasteiger partial charge in [-0.15, -0.1) is 0 Å². The van der Waals surface area contributed by atoms with Gasteiger partial charge in [-0.1, -0.05) is 37.5 Å². The van der Waals surface area contributed by atoms with Gasteiger partial charge in [-0.3, -0.25) is 0 Å². The van der Waals surface area contributed by atoms with Gasteiger partial charge < -0.3 is 5.11 Å². The summed E-state index contributed by atoms with van der Waals surface area (Å²) in [4.78, 5) is 0. The van der Waals surface area contributed by atoms with E-state index in [0.29, 0.717) is 0 Å². The van der Waals surface area contributed by atoms with E-state index in [9.17, 15) is 0 Å². The quantitative estimate of drug-likeness (QED) is 0.336. The molecule has 0 rings (SSSR count). The van der Waals surface area contributed by atoms with E-state index in [4.69, 9.17) is 5.11 Å². The van der Waals surface area contributed by atoms with Crippen LogP contribution in [0, 0.1) is 0 Å². The van der Waals surface area contributed by atoms with E-state index in [0.717, 1.165) is 12.7 Å². The van der Waals surface area contributed by atoms with Crippen molar-refractivity contribution >= 4 is 0 Å². The van der Waals surface area contributed by atoms with E-state index >= 15 is 0 Å². The summed E-state index contributed by atoms with van der Waals surface area (Å²) >= 11 is 0. The second-order valence-corrected chi connectivity index (χ2v) is 3.30. The Hall–Kier alpha value is -0.720. The fourth-order valence-electron chi connectivity index (χ4n) is 1.30. The maximum absolute atomic E-state index is 8.38. The normalized spacial score (nSPS) is 11.8. The lowest BCUT2D eigenvalue weighted by atomic mass is 10.1. The minimum atomic E-state index is 1.02. The molecule has 0 radical (unpaired) electrons. The smallest absolute Gasteiger partial charge is 0.0751 e. The SMILES string of the molecule is CC=CCCCCCCC/C=C/O. The molecule has 1 nitrogen and oxygen atoms in total. The van der Waals surface area contributed by atoms with Crippen molar-refractivity contribution in [1.29, 1.82) is 0 Å². The van der Waals surface area contributed by atoms with E-state index in [1.807, 2.05) is 6.08 Å². The van der Waals surface area contributed by atoms with Gasteiger partial charge in [0.15, 0.2) is 0 Å². The summed E-state index contributed by atoms with van der Waals surface area (Å²) in [5, 5.41) is 8.38. The summed E-state index contributed by atoms with van der Waals surface area (Å²) in [6, 6.07) is 0. The third-order valence-electron chi connectivity index (χ3n) is 2.08. The largest absolute Gasteiger partial charge is 0.516 e. The van der Waals surface area contributed by atoms with Gasteiger partial charge in [0.05, 0.1) is 6.26 Å². The van der Waals surface area contributed by atoms with Crippen molar-refractivity contribution in [3.8, 4) is 0 Å². The van der Waals surface area contributed by atoms with Gasteiger partial charge in [0.1, 0.15) is 0 Å². The van der Waals surface area contributed by atoms with E-state index in [-0.39, 0.29) is 0 Å². The van der Waals surface area contributed by atoms with Gasteiger partial charge in [0, 0.05) is 0 Å². The predicted molar refractivity (Wildman–Crippen MR) is 58.9 cm³/mol. The lowest BCUT2D eigenvalue weighted by Crippen LogP contribution is -1.78. The van der Waals surface area contributed by atoms with Gasteiger partial charge >= 0.3 is 0 Å². The average molecular weight is 182 g/mol. The summed E-state index contributed by atoms with van der Waals surface area (Å²) < 4.78 is 0. The van der Waals surface area contributed by atoms with Gasteiger partial charge in [-0.05, 0) is 32.6 Å². The molecular weight excluding hydrogens is 160 g/mol. The molecule has 0 bridgehead atoms. The Morgan fingerprint density at radius 3 is 1.92 bits per heavy atom. The molecule has 0 spiro atoms. The van der Waals surface area contributed by atoms with Crippen molar-refractivity contribution in [3.63, 3.8) is 0 Å². The first-order chi connectivity index (χ1) is 6.41. The molecule has 13 heavy (non-hydrogen) atoms. The number of hydrogen-bond acceptors (Lipinski definition) is 1. The number of unbranched alkanes of at least 4 members (excludes halogenated alkanes) is 6. The molecule has 0 heterocycles. The van der Waals surface area contributed by atoms with Crippen LogP contribution in [0.15, 0.2) is 24.5 Å². The maximum Gasteiger partial charge on any atom is 0.0751 e. The van der Waals surface area contributed by atoms with Crippen LogP contribution in [0.4, 0.5) is 0 Å². The van der Waals surface area contributed by atoms with Crippen LogP contribution in [-0.2, 0) is 0 Å². The standard InChI is InChI=1S/C12H22O/c1-2-3-4-5-6-7-8-9-10-11-12-13/h2-3,11-13H,4-10H2,1H3/b3-2?,12-11+. The molecule has 0 saturated carbocycles. The highest BCUT2D eigenvalue weighted by atomic mass is 16.2. The Balaban J connectivity index is 2.91. The summed E-state index contributed by atoms with van der Waals surface area (Å²) in [6.07, 6.45) is 16.1. The number of hydrogen-bond donors (Lipinski definition) is 1. The molecule has 0 aliphatic carbocycles. The summed E-state index contributed by atoms with van der Waals surface area (Å²) in [7, 11) is 0. The molecule has 0 aromatic carbocycles. The highest BCUT2D eigenvalue weighted by molar-refractivity contribution is 4.76. The zero-order chi connectivity index (χ0) is 9.78. The van der Waals surface area contributed by atoms with Crippen LogP contribution >= 0.6 is 0 Å². The molecular formula is C12H22O. The molecule has 76 valence electrons. The Morgan fingerprint density at radius 1 is 0.846 bits per heavy atom. The van der Waals surface area contributed by atoms with Crippen molar-refractivity contribution in [3.05, 3.63) is 24.5 Å². The van der Waals surface area contributed by atoms with Crippen molar-refractivity contribution in [2.75, 3.05) is 0 Å². The third kappa shape index (κ3) is 11.3. The van der Waals surface area contributed by atoms with Gasteiger partial charge in [0.25, 0.3) is 0 Å². The Labute approximate surface area is 82.2 Å². The number of allylic oxidation sites excluding steroid dienone is 3. The van der Waals surface area contributed by atoms with Gasteiger partial charge in [0.2, 0.25) is 0 Å². The van der Waals surface area contributed by atoms with E-state index in [1.165, 1.54) is 38.5 Å². The zero-order valence-electron chi connectivity index (χ0n) is 8.71. The molecule has 0 aromatic heterocycles. The second-order valence-electron chi connectivity index (χ2n) is 3.30. The van der Waals surface area contributed by atoms with Crippen LogP contribution in [-0.4, -0.2) is 5.11 Å². The number of aliphatic hydroxyl groups excluding tert-OH is 1. The van der Waals surface area contributed by atoms with Gasteiger partial charge in [-0.2, -0.15) is 0 Å². The van der Waals surface area contributed by atoms with Crippen molar-refractivity contribution < 1.29 is 5.11 Å². The number of aliphatic hydroxyl groups is 1. The molecule has 1 heteroatoms. The molecule has 0 fully saturated rings. The van der Waals surface area contributed by atoms with Crippen LogP contribution < -0.4 is 0 Å². The van der Waals surface area contributed by atoms with Crippen LogP contribution in [0.1, 0.15) is 51.9 Å². The minimum absolute atomic E-state index is 1.02. The van der Waals surface area contributed by atoms with Crippen LogP contribution in [0.25, 0.3) is 0 Å². The fourth-order valence-corrected chi connectivity index (χ4v) is 1.30. The summed E-state index contributed by atoms with van der Waals surface area (Å²) in [6.45, 7) is 2.07. The molecule has 0 aromatic rings. The van der Waals surface area contributed by atoms with Crippen LogP contribution in [0.2, 0.25) is 0 Å². The predicted octanol–water partition coefficient (Wildman–Crippen LogP) is 4.36. The first kappa shape index (κ1) is 12.3. The Morgan fingerprint density at radius 2 is 1.38 bits per heavy atom. The number of rotatable bonds is 8. The van der Waals surface area contributed by atoms with E-state index in [2.05, 4.69) is 19.1 Å². The minimum Gasteiger partial charge on any atom is -0.516 e. The maximum atomic E-state index is 8.38. The van der Waals surface area contributed by atoms with Crippen molar-refractivity contribution in [2.24, 2.45) is 0 Å². The topological polar surface area (TPSA) is 20.2 Å². The average Bonchev–Trinajstić information content (AvgIpc) is 2.16. The third-order valence-corrected chi connectivity index (χ3v) is 2.08. The second kappa shape index (κ2) is 11.3. The highest BCUT2D eigenvalue weighted by Crippen LogP contribution is 2.07. The molecule has 0 aliphatic rings. The molecule has 0 aliphatic heterocycles. The molecule has 1 N–H and O–H groups in total. The fraction of sp³-hybridized carbons (Fsp3) is 0.667. The van der Waals surface area contributed by atoms with Gasteiger partial charge in [-0.25, -0.2) is 0 Å². The molecule has 0 unspecified atom stereocenters. The summed E-state index contributed by atoms with van der Waals surface area (Å²) in [5.41, 5.74) is 0. The first-order valence-corrected chi connectivity index (χ1v) is 5.32. The first-order valence-electron chi connectivity index (χ1n) is 5.32.